The number of nitrogens with one attached hydrogen (secondary N) is 2. The van der Waals surface area contributed by atoms with Gasteiger partial charge in [0.1, 0.15) is 16.8 Å². The second-order valence-electron chi connectivity index (χ2n) is 8.37. The molecule has 0 saturated heterocycles. The molecule has 6 nitrogen and oxygen atoms in total. The van der Waals surface area contributed by atoms with Crippen LogP contribution in [-0.2, 0) is 27.4 Å². The Kier molecular flexibility index (Phi) is 6.47. The van der Waals surface area contributed by atoms with Crippen molar-refractivity contribution in [2.45, 2.75) is 43.5 Å². The maximum absolute atomic E-state index is 14.7. The number of aromatic nitrogens is 2. The highest BCUT2D eigenvalue weighted by molar-refractivity contribution is 7.87. The van der Waals surface area contributed by atoms with E-state index in [4.69, 9.17) is 0 Å². The van der Waals surface area contributed by atoms with E-state index in [1.165, 1.54) is 29.7 Å². The van der Waals surface area contributed by atoms with E-state index in [2.05, 4.69) is 20.0 Å². The maximum Gasteiger partial charge on any atom is 0.417 e. The van der Waals surface area contributed by atoms with Crippen LogP contribution >= 0.6 is 11.3 Å². The molecule has 1 atom stereocenters. The number of benzene rings is 1. The molecule has 3 aromatic rings. The molecule has 1 fully saturated rings. The summed E-state index contributed by atoms with van der Waals surface area (Å²) in [7, 11) is -1.21. The number of amides is 1. The number of rotatable bonds is 7. The van der Waals surface area contributed by atoms with Gasteiger partial charge in [-0.05, 0) is 50.5 Å². The Morgan fingerprint density at radius 3 is 2.53 bits per heavy atom. The van der Waals surface area contributed by atoms with Gasteiger partial charge in [0.25, 0.3) is 0 Å². The van der Waals surface area contributed by atoms with E-state index in [0.29, 0.717) is 17.0 Å². The summed E-state index contributed by atoms with van der Waals surface area (Å²) in [5.74, 6) is -1.33. The second kappa shape index (κ2) is 9.06. The van der Waals surface area contributed by atoms with E-state index >= 15 is 0 Å². The first kappa shape index (κ1) is 24.3. The molecule has 0 aliphatic heterocycles. The zero-order chi connectivity index (χ0) is 24.7. The SMILES string of the molecule is CC(C)(C(=O)Nc1ccc(-c2cncc(C(F)(F)F)c2)cc1F)c1csc(NS(=O)C2CC2)n1. The Morgan fingerprint density at radius 1 is 1.15 bits per heavy atom. The van der Waals surface area contributed by atoms with E-state index in [1.54, 1.807) is 19.2 Å². The zero-order valence-corrected chi connectivity index (χ0v) is 19.7. The van der Waals surface area contributed by atoms with Gasteiger partial charge in [0.05, 0.1) is 27.6 Å². The summed E-state index contributed by atoms with van der Waals surface area (Å²) in [4.78, 5) is 20.9. The lowest BCUT2D eigenvalue weighted by molar-refractivity contribution is -0.137. The van der Waals surface area contributed by atoms with Crippen molar-refractivity contribution in [3.05, 3.63) is 59.1 Å². The van der Waals surface area contributed by atoms with E-state index in [9.17, 15) is 26.6 Å². The first-order chi connectivity index (χ1) is 15.9. The van der Waals surface area contributed by atoms with Crippen LogP contribution in [0.4, 0.5) is 28.4 Å². The van der Waals surface area contributed by atoms with Crippen molar-refractivity contribution >= 4 is 39.0 Å². The van der Waals surface area contributed by atoms with E-state index in [0.717, 1.165) is 25.0 Å². The Balaban J connectivity index is 1.48. The molecule has 2 aromatic heterocycles. The fourth-order valence-corrected chi connectivity index (χ4v) is 5.11. The predicted molar refractivity (Wildman–Crippen MR) is 123 cm³/mol. The molecule has 1 amide bonds. The van der Waals surface area contributed by atoms with Crippen LogP contribution in [0, 0.1) is 5.82 Å². The van der Waals surface area contributed by atoms with Crippen LogP contribution in [0.5, 0.6) is 0 Å². The van der Waals surface area contributed by atoms with Crippen molar-refractivity contribution in [1.29, 1.82) is 0 Å². The van der Waals surface area contributed by atoms with Gasteiger partial charge in [-0.15, -0.1) is 11.3 Å². The lowest BCUT2D eigenvalue weighted by Gasteiger charge is -2.22. The number of hydrogen-bond donors (Lipinski definition) is 2. The first-order valence-electron chi connectivity index (χ1n) is 10.2. The smallest absolute Gasteiger partial charge is 0.323 e. The predicted octanol–water partition coefficient (Wildman–Crippen LogP) is 5.52. The highest BCUT2D eigenvalue weighted by Crippen LogP contribution is 2.34. The summed E-state index contributed by atoms with van der Waals surface area (Å²) in [5, 5.41) is 4.75. The Morgan fingerprint density at radius 2 is 1.88 bits per heavy atom. The largest absolute Gasteiger partial charge is 0.417 e. The number of pyridine rings is 1. The summed E-state index contributed by atoms with van der Waals surface area (Å²) in [5.41, 5.74) is -1.48. The monoisotopic (exact) mass is 512 g/mol. The molecule has 34 heavy (non-hydrogen) atoms. The van der Waals surface area contributed by atoms with Crippen molar-refractivity contribution in [1.82, 2.24) is 9.97 Å². The minimum absolute atomic E-state index is 0.0954. The highest BCUT2D eigenvalue weighted by atomic mass is 32.2. The van der Waals surface area contributed by atoms with Crippen molar-refractivity contribution in [2.75, 3.05) is 10.0 Å². The summed E-state index contributed by atoms with van der Waals surface area (Å²) >= 11 is 1.22. The van der Waals surface area contributed by atoms with Gasteiger partial charge < -0.3 is 5.32 Å². The molecular weight excluding hydrogens is 492 g/mol. The number of thiazole rings is 1. The molecule has 0 radical (unpaired) electrons. The summed E-state index contributed by atoms with van der Waals surface area (Å²) in [6.45, 7) is 3.25. The molecule has 12 heteroatoms. The van der Waals surface area contributed by atoms with Gasteiger partial charge >= 0.3 is 6.18 Å². The minimum Gasteiger partial charge on any atom is -0.323 e. The molecular formula is C22H20F4N4O2S2. The average Bonchev–Trinajstić information content (AvgIpc) is 3.53. The zero-order valence-electron chi connectivity index (χ0n) is 18.1. The number of nitrogens with zero attached hydrogens (tertiary/aromatic N) is 2. The molecule has 1 aromatic carbocycles. The van der Waals surface area contributed by atoms with Gasteiger partial charge in [0.15, 0.2) is 5.13 Å². The Hall–Kier alpha value is -2.86. The molecule has 2 N–H and O–H groups in total. The van der Waals surface area contributed by atoms with Crippen LogP contribution in [0.25, 0.3) is 11.1 Å². The molecule has 2 heterocycles. The van der Waals surface area contributed by atoms with Gasteiger partial charge in [-0.25, -0.2) is 13.6 Å². The van der Waals surface area contributed by atoms with Crippen LogP contribution in [0.2, 0.25) is 0 Å². The van der Waals surface area contributed by atoms with Gasteiger partial charge in [0.2, 0.25) is 5.91 Å². The molecule has 1 aliphatic carbocycles. The van der Waals surface area contributed by atoms with E-state index < -0.39 is 39.9 Å². The number of halogens is 4. The van der Waals surface area contributed by atoms with Gasteiger partial charge in [-0.1, -0.05) is 6.07 Å². The van der Waals surface area contributed by atoms with Crippen LogP contribution in [0.3, 0.4) is 0 Å². The standard InChI is InChI=1S/C22H20F4N4O2S2/c1-21(2,18-11-33-20(29-18)30-34(32)15-4-5-15)19(31)28-17-6-3-12(8-16(17)23)13-7-14(10-27-9-13)22(24,25)26/h3,6-11,15H,4-5H2,1-2H3,(H,28,31)(H,29,30). The van der Waals surface area contributed by atoms with Crippen LogP contribution < -0.4 is 10.0 Å². The van der Waals surface area contributed by atoms with Crippen LogP contribution in [-0.4, -0.2) is 25.3 Å². The van der Waals surface area contributed by atoms with Crippen molar-refractivity contribution in [3.8, 4) is 11.1 Å². The number of alkyl halides is 3. The third-order valence-corrected chi connectivity index (χ3v) is 7.70. The molecule has 0 bridgehead atoms. The normalized spacial score (nSPS) is 15.1. The third-order valence-electron chi connectivity index (χ3n) is 5.34. The summed E-state index contributed by atoms with van der Waals surface area (Å²) in [6.07, 6.45) is -0.866. The fourth-order valence-electron chi connectivity index (χ4n) is 3.00. The average molecular weight is 513 g/mol. The minimum atomic E-state index is -4.57. The first-order valence-corrected chi connectivity index (χ1v) is 12.3. The van der Waals surface area contributed by atoms with Crippen molar-refractivity contribution in [2.24, 2.45) is 0 Å². The molecule has 1 saturated carbocycles. The van der Waals surface area contributed by atoms with Gasteiger partial charge in [-0.2, -0.15) is 13.2 Å². The van der Waals surface area contributed by atoms with E-state index in [1.807, 2.05) is 0 Å². The number of anilines is 2. The van der Waals surface area contributed by atoms with Crippen LogP contribution in [0.15, 0.2) is 42.0 Å². The molecule has 1 unspecified atom stereocenters. The quantitative estimate of drug-likeness (QED) is 0.409. The number of carbonyl (C=O) groups is 1. The van der Waals surface area contributed by atoms with Crippen molar-refractivity contribution in [3.63, 3.8) is 0 Å². The molecule has 0 spiro atoms. The lowest BCUT2D eigenvalue weighted by atomic mass is 9.89. The summed E-state index contributed by atoms with van der Waals surface area (Å²) in [6, 6.07) is 4.61. The number of carbonyl (C=O) groups excluding carboxylic acids is 1. The van der Waals surface area contributed by atoms with Gasteiger partial charge in [-0.3, -0.25) is 14.5 Å². The maximum atomic E-state index is 14.7. The second-order valence-corrected chi connectivity index (χ2v) is 10.7. The Bertz CT molecular complexity index is 1260. The molecule has 180 valence electrons. The number of hydrogen-bond acceptors (Lipinski definition) is 5. The van der Waals surface area contributed by atoms with Crippen molar-refractivity contribution < 1.29 is 26.6 Å². The molecule has 4 rings (SSSR count). The van der Waals surface area contributed by atoms with E-state index in [-0.39, 0.29) is 22.1 Å². The van der Waals surface area contributed by atoms with Gasteiger partial charge in [0, 0.05) is 23.3 Å². The summed E-state index contributed by atoms with van der Waals surface area (Å²) < 4.78 is 68.4. The third kappa shape index (κ3) is 5.27. The fraction of sp³-hybridized carbons (Fsp3) is 0.318. The highest BCUT2D eigenvalue weighted by Gasteiger charge is 2.34. The van der Waals surface area contributed by atoms with Crippen LogP contribution in [0.1, 0.15) is 37.9 Å². The Labute approximate surface area is 199 Å². The lowest BCUT2D eigenvalue weighted by Crippen LogP contribution is -2.35. The topological polar surface area (TPSA) is 84.0 Å². The molecule has 1 aliphatic rings.